The van der Waals surface area contributed by atoms with Crippen molar-refractivity contribution in [3.05, 3.63) is 6.92 Å². The monoisotopic (exact) mass is 490 g/mol. The number of ketones is 1. The third-order valence-electron chi connectivity index (χ3n) is 10.2. The molecule has 4 saturated carbocycles. The van der Waals surface area contributed by atoms with E-state index in [2.05, 4.69) is 20.8 Å². The van der Waals surface area contributed by atoms with Gasteiger partial charge in [-0.3, -0.25) is 4.79 Å². The summed E-state index contributed by atoms with van der Waals surface area (Å²) in [7, 11) is 0. The van der Waals surface area contributed by atoms with Gasteiger partial charge in [0.2, 0.25) is 0 Å². The topological polar surface area (TPSA) is 37.3 Å². The Hall–Kier alpha value is 0.876. The first-order valence-corrected chi connectivity index (χ1v) is 12.4. The van der Waals surface area contributed by atoms with E-state index in [1.54, 1.807) is 0 Å². The summed E-state index contributed by atoms with van der Waals surface area (Å²) in [5.74, 6) is 4.21. The van der Waals surface area contributed by atoms with Gasteiger partial charge in [0, 0.05) is 12.8 Å². The van der Waals surface area contributed by atoms with Gasteiger partial charge in [-0.1, -0.05) is 46.0 Å². The molecule has 2 nitrogen and oxygen atoms in total. The van der Waals surface area contributed by atoms with Crippen molar-refractivity contribution in [1.29, 1.82) is 0 Å². The molecule has 4 fully saturated rings. The maximum Gasteiger partial charge on any atom is 2.00 e. The Bertz CT molecular complexity index is 583. The zero-order valence-corrected chi connectivity index (χ0v) is 22.5. The Morgan fingerprint density at radius 1 is 1.00 bits per heavy atom. The Balaban J connectivity index is 0.00000160. The van der Waals surface area contributed by atoms with E-state index in [0.717, 1.165) is 49.9 Å². The zero-order chi connectivity index (χ0) is 19.9. The van der Waals surface area contributed by atoms with Crippen LogP contribution in [0, 0.1) is 47.3 Å². The van der Waals surface area contributed by atoms with Gasteiger partial charge >= 0.3 is 23.1 Å². The third-order valence-corrected chi connectivity index (χ3v) is 10.2. The second-order valence-corrected chi connectivity index (χ2v) is 11.4. The van der Waals surface area contributed by atoms with Crippen molar-refractivity contribution in [2.24, 2.45) is 40.4 Å². The molecule has 0 saturated heterocycles. The Morgan fingerprint density at radius 3 is 2.43 bits per heavy atom. The van der Waals surface area contributed by atoms with Gasteiger partial charge in [0.15, 0.2) is 0 Å². The second kappa shape index (κ2) is 10.9. The smallest absolute Gasteiger partial charge is 1.00 e. The van der Waals surface area contributed by atoms with Crippen molar-refractivity contribution in [3.63, 3.8) is 0 Å². The Labute approximate surface area is 212 Å². The Morgan fingerprint density at radius 2 is 1.70 bits per heavy atom. The molecule has 4 aliphatic carbocycles. The number of fused-ring (bicyclic) bond motifs is 5. The van der Waals surface area contributed by atoms with E-state index in [9.17, 15) is 9.90 Å². The number of Topliss-reactive ketones (excluding diaryl/α,β-unsaturated/α-hetero) is 1. The molecule has 0 aliphatic heterocycles. The molecule has 0 aromatic carbocycles. The minimum atomic E-state index is -0.0883. The minimum Gasteiger partial charge on any atom is -1.00 e. The molecule has 1 unspecified atom stereocenters. The largest absolute Gasteiger partial charge is 2.00 e. The fraction of sp³-hybridized carbons (Fsp3) is 0.923. The number of unbranched alkanes of at least 4 members (excludes halogenated alkanes) is 4. The van der Waals surface area contributed by atoms with Crippen LogP contribution >= 0.6 is 0 Å². The molecule has 0 aromatic rings. The van der Waals surface area contributed by atoms with Crippen molar-refractivity contribution >= 4 is 28.8 Å². The molecular formula is C26H43BrMgO2. The van der Waals surface area contributed by atoms with Gasteiger partial charge < -0.3 is 29.0 Å². The first kappa shape index (κ1) is 27.1. The summed E-state index contributed by atoms with van der Waals surface area (Å²) >= 11 is 0. The van der Waals surface area contributed by atoms with Gasteiger partial charge in [-0.15, -0.1) is 0 Å². The van der Waals surface area contributed by atoms with E-state index >= 15 is 0 Å². The van der Waals surface area contributed by atoms with E-state index in [1.165, 1.54) is 57.8 Å². The van der Waals surface area contributed by atoms with Crippen LogP contribution in [-0.2, 0) is 4.79 Å². The normalized spacial score (nSPS) is 44.9. The third kappa shape index (κ3) is 4.73. The molecule has 0 aromatic heterocycles. The molecule has 168 valence electrons. The van der Waals surface area contributed by atoms with Gasteiger partial charge in [-0.2, -0.15) is 6.42 Å². The van der Waals surface area contributed by atoms with Gasteiger partial charge in [0.1, 0.15) is 5.78 Å². The maximum atomic E-state index is 12.3. The van der Waals surface area contributed by atoms with Crippen molar-refractivity contribution in [3.8, 4) is 0 Å². The summed E-state index contributed by atoms with van der Waals surface area (Å²) < 4.78 is 0. The maximum absolute atomic E-state index is 12.3. The first-order valence-electron chi connectivity index (χ1n) is 12.4. The second-order valence-electron chi connectivity index (χ2n) is 11.4. The van der Waals surface area contributed by atoms with E-state index in [4.69, 9.17) is 0 Å². The summed E-state index contributed by atoms with van der Waals surface area (Å²) in [5.41, 5.74) is 0.527. The molecular weight excluding hydrogens is 448 g/mol. The number of carbonyl (C=O) groups is 1. The van der Waals surface area contributed by atoms with Crippen LogP contribution in [0.2, 0.25) is 0 Å². The quantitative estimate of drug-likeness (QED) is 0.352. The van der Waals surface area contributed by atoms with Crippen molar-refractivity contribution in [1.82, 2.24) is 0 Å². The summed E-state index contributed by atoms with van der Waals surface area (Å²) in [4.78, 5) is 12.3. The average molecular weight is 492 g/mol. The number of hydrogen-bond donors (Lipinski definition) is 1. The fourth-order valence-corrected chi connectivity index (χ4v) is 8.43. The van der Waals surface area contributed by atoms with Gasteiger partial charge in [0.25, 0.3) is 0 Å². The van der Waals surface area contributed by atoms with Crippen LogP contribution < -0.4 is 17.0 Å². The number of aliphatic hydroxyl groups excluding tert-OH is 1. The number of aliphatic hydroxyl groups is 1. The van der Waals surface area contributed by atoms with Crippen LogP contribution in [0.15, 0.2) is 0 Å². The summed E-state index contributed by atoms with van der Waals surface area (Å²) in [6.07, 6.45) is 16.4. The van der Waals surface area contributed by atoms with Gasteiger partial charge in [-0.05, 0) is 78.9 Å². The van der Waals surface area contributed by atoms with Crippen LogP contribution in [0.5, 0.6) is 0 Å². The summed E-state index contributed by atoms with van der Waals surface area (Å²) in [6, 6.07) is 0. The SMILES string of the molecule is [Br-].[CH2-]CCCCCC[C@@H]1CC2CC(=O)CC[C@]2(C)[C@H]2CC[C@]3(C)[C@@H](O)CC[C@H]3[C@H]12.[Mg+2]. The van der Waals surface area contributed by atoms with Crippen LogP contribution in [0.1, 0.15) is 104 Å². The minimum absolute atomic E-state index is 0. The zero-order valence-electron chi connectivity index (χ0n) is 19.5. The molecule has 0 heterocycles. The van der Waals surface area contributed by atoms with Crippen LogP contribution in [-0.4, -0.2) is 40.0 Å². The van der Waals surface area contributed by atoms with E-state index in [0.29, 0.717) is 23.0 Å². The molecule has 0 radical (unpaired) electrons. The van der Waals surface area contributed by atoms with Crippen LogP contribution in [0.4, 0.5) is 0 Å². The molecule has 30 heavy (non-hydrogen) atoms. The fourth-order valence-electron chi connectivity index (χ4n) is 8.43. The van der Waals surface area contributed by atoms with Crippen molar-refractivity contribution in [2.75, 3.05) is 0 Å². The number of hydrogen-bond acceptors (Lipinski definition) is 2. The van der Waals surface area contributed by atoms with E-state index < -0.39 is 0 Å². The molecule has 0 bridgehead atoms. The molecule has 4 heteroatoms. The van der Waals surface area contributed by atoms with Crippen LogP contribution in [0.25, 0.3) is 0 Å². The molecule has 4 rings (SSSR count). The summed E-state index contributed by atoms with van der Waals surface area (Å²) in [5, 5.41) is 10.8. The number of rotatable bonds is 6. The van der Waals surface area contributed by atoms with Crippen molar-refractivity contribution < 1.29 is 26.9 Å². The van der Waals surface area contributed by atoms with E-state index in [1.807, 2.05) is 0 Å². The Kier molecular flexibility index (Phi) is 9.83. The number of halogens is 1. The van der Waals surface area contributed by atoms with Gasteiger partial charge in [-0.25, -0.2) is 0 Å². The standard InChI is InChI=1S/C26H43O2.BrH.Mg/c1-4-5-6-7-8-9-18-16-19-17-20(27)12-14-25(19,2)22-13-15-26(3)21(24(18)22)10-11-23(26)28;;/h18-19,21-24,28H,1,4-17H2,2-3H3;1H;/q-1;;+2/p-1/t18-,19?,21+,22+,23+,24+,25+,26+;;/m1../s1. The molecule has 1 N–H and O–H groups in total. The van der Waals surface area contributed by atoms with Crippen LogP contribution in [0.3, 0.4) is 0 Å². The van der Waals surface area contributed by atoms with E-state index in [-0.39, 0.29) is 51.6 Å². The summed E-state index contributed by atoms with van der Waals surface area (Å²) in [6.45, 7) is 8.92. The van der Waals surface area contributed by atoms with Crippen molar-refractivity contribution in [2.45, 2.75) is 110 Å². The first-order chi connectivity index (χ1) is 13.4. The molecule has 0 amide bonds. The van der Waals surface area contributed by atoms with Gasteiger partial charge in [0.05, 0.1) is 6.10 Å². The number of carbonyl (C=O) groups excluding carboxylic acids is 1. The molecule has 0 spiro atoms. The predicted molar refractivity (Wildman–Crippen MR) is 120 cm³/mol. The average Bonchev–Trinajstić information content (AvgIpc) is 2.97. The predicted octanol–water partition coefficient (Wildman–Crippen LogP) is 2.98. The molecule has 8 atom stereocenters. The molecule has 4 aliphatic rings.